The second-order valence-corrected chi connectivity index (χ2v) is 6.58. The van der Waals surface area contributed by atoms with Gasteiger partial charge in [-0.3, -0.25) is 9.36 Å². The molecule has 2 saturated carbocycles. The van der Waals surface area contributed by atoms with Crippen molar-refractivity contribution in [2.45, 2.75) is 44.6 Å². The minimum Gasteiger partial charge on any atom is -0.335 e. The Morgan fingerprint density at radius 1 is 1.23 bits per heavy atom. The molecule has 1 heterocycles. The van der Waals surface area contributed by atoms with E-state index in [0.717, 1.165) is 11.0 Å². The summed E-state index contributed by atoms with van der Waals surface area (Å²) in [7, 11) is 2.94. The zero-order valence-electron chi connectivity index (χ0n) is 13.0. The van der Waals surface area contributed by atoms with E-state index < -0.39 is 11.2 Å². The van der Waals surface area contributed by atoms with Gasteiger partial charge in [0.2, 0.25) is 0 Å². The molecule has 7 nitrogen and oxygen atoms in total. The molecule has 3 rings (SSSR count). The molecule has 2 fully saturated rings. The highest BCUT2D eigenvalue weighted by Crippen LogP contribution is 2.56. The van der Waals surface area contributed by atoms with E-state index in [1.165, 1.54) is 49.9 Å². The number of hydrogen-bond acceptors (Lipinski definition) is 3. The molecule has 7 heteroatoms. The number of urea groups is 1. The van der Waals surface area contributed by atoms with Crippen molar-refractivity contribution in [1.82, 2.24) is 14.5 Å². The molecule has 0 radical (unpaired) electrons. The van der Waals surface area contributed by atoms with Crippen LogP contribution in [-0.4, -0.2) is 21.2 Å². The van der Waals surface area contributed by atoms with E-state index in [9.17, 15) is 14.4 Å². The van der Waals surface area contributed by atoms with Crippen LogP contribution in [0.3, 0.4) is 0 Å². The summed E-state index contributed by atoms with van der Waals surface area (Å²) in [4.78, 5) is 35.7. The van der Waals surface area contributed by atoms with E-state index in [-0.39, 0.29) is 17.8 Å². The number of nitrogens with one attached hydrogen (secondary N) is 2. The molecule has 1 spiro atoms. The molecule has 1 unspecified atom stereocenters. The Morgan fingerprint density at radius 2 is 1.91 bits per heavy atom. The van der Waals surface area contributed by atoms with Gasteiger partial charge in [0.25, 0.3) is 5.56 Å². The summed E-state index contributed by atoms with van der Waals surface area (Å²) in [6, 6.07) is -0.160. The minimum atomic E-state index is -0.499. The van der Waals surface area contributed by atoms with Gasteiger partial charge in [0, 0.05) is 26.3 Å². The summed E-state index contributed by atoms with van der Waals surface area (Å²) in [6.45, 7) is 0. The van der Waals surface area contributed by atoms with E-state index in [0.29, 0.717) is 5.41 Å². The smallest absolute Gasteiger partial charge is 0.330 e. The molecule has 0 saturated heterocycles. The number of anilines is 1. The molecular formula is C15H22N4O3. The van der Waals surface area contributed by atoms with Gasteiger partial charge in [-0.25, -0.2) is 9.59 Å². The van der Waals surface area contributed by atoms with Gasteiger partial charge in [0.1, 0.15) is 5.69 Å². The van der Waals surface area contributed by atoms with Crippen LogP contribution >= 0.6 is 0 Å². The fourth-order valence-corrected chi connectivity index (χ4v) is 3.57. The van der Waals surface area contributed by atoms with Crippen molar-refractivity contribution in [3.63, 3.8) is 0 Å². The van der Waals surface area contributed by atoms with Crippen molar-refractivity contribution >= 4 is 11.7 Å². The standard InChI is InChI=1S/C15H22N4O3/c1-18-9-10(12(20)19(2)14(18)22)16-13(21)17-11-8-15(11)6-4-3-5-7-15/h9,11H,3-8H2,1-2H3,(H2,16,17,21). The zero-order valence-corrected chi connectivity index (χ0v) is 13.0. The molecule has 0 aliphatic heterocycles. The predicted molar refractivity (Wildman–Crippen MR) is 83.0 cm³/mol. The van der Waals surface area contributed by atoms with Crippen LogP contribution in [0.15, 0.2) is 15.8 Å². The van der Waals surface area contributed by atoms with Gasteiger partial charge < -0.3 is 15.2 Å². The highest BCUT2D eigenvalue weighted by Gasteiger charge is 2.54. The van der Waals surface area contributed by atoms with E-state index in [2.05, 4.69) is 10.6 Å². The van der Waals surface area contributed by atoms with Gasteiger partial charge in [-0.1, -0.05) is 19.3 Å². The van der Waals surface area contributed by atoms with E-state index in [1.807, 2.05) is 0 Å². The maximum absolute atomic E-state index is 12.1. The molecule has 2 aliphatic rings. The molecular weight excluding hydrogens is 284 g/mol. The van der Waals surface area contributed by atoms with Crippen LogP contribution < -0.4 is 21.9 Å². The number of amides is 2. The largest absolute Gasteiger partial charge is 0.335 e. The fraction of sp³-hybridized carbons (Fsp3) is 0.667. The lowest BCUT2D eigenvalue weighted by atomic mass is 9.86. The maximum Gasteiger partial charge on any atom is 0.330 e. The van der Waals surface area contributed by atoms with Gasteiger partial charge in [0.05, 0.1) is 0 Å². The second kappa shape index (κ2) is 5.30. The van der Waals surface area contributed by atoms with Crippen molar-refractivity contribution in [3.05, 3.63) is 27.0 Å². The lowest BCUT2D eigenvalue weighted by molar-refractivity contribution is 0.246. The maximum atomic E-state index is 12.1. The topological polar surface area (TPSA) is 85.1 Å². The molecule has 1 aromatic heterocycles. The highest BCUT2D eigenvalue weighted by molar-refractivity contribution is 5.89. The Bertz CT molecular complexity index is 712. The van der Waals surface area contributed by atoms with Crippen LogP contribution in [0, 0.1) is 5.41 Å². The Balaban J connectivity index is 1.66. The highest BCUT2D eigenvalue weighted by atomic mass is 16.2. The monoisotopic (exact) mass is 306 g/mol. The summed E-state index contributed by atoms with van der Waals surface area (Å²) in [5.74, 6) is 0. The fourth-order valence-electron chi connectivity index (χ4n) is 3.57. The van der Waals surface area contributed by atoms with Crippen molar-refractivity contribution in [3.8, 4) is 0 Å². The molecule has 120 valence electrons. The Hall–Kier alpha value is -2.05. The number of hydrogen-bond donors (Lipinski definition) is 2. The number of aromatic nitrogens is 2. The normalized spacial score (nSPS) is 22.4. The predicted octanol–water partition coefficient (Wildman–Crippen LogP) is 0.928. The Kier molecular flexibility index (Phi) is 3.58. The first kappa shape index (κ1) is 14.9. The third kappa shape index (κ3) is 2.55. The summed E-state index contributed by atoms with van der Waals surface area (Å²) < 4.78 is 2.26. The summed E-state index contributed by atoms with van der Waals surface area (Å²) >= 11 is 0. The number of nitrogens with zero attached hydrogens (tertiary/aromatic N) is 2. The van der Waals surface area contributed by atoms with Gasteiger partial charge in [0.15, 0.2) is 0 Å². The van der Waals surface area contributed by atoms with Gasteiger partial charge >= 0.3 is 11.7 Å². The first-order valence-electron chi connectivity index (χ1n) is 7.77. The average molecular weight is 306 g/mol. The van der Waals surface area contributed by atoms with Crippen LogP contribution in [0.25, 0.3) is 0 Å². The summed E-state index contributed by atoms with van der Waals surface area (Å²) in [5, 5.41) is 5.53. The first-order chi connectivity index (χ1) is 10.4. The molecule has 2 amide bonds. The van der Waals surface area contributed by atoms with Crippen molar-refractivity contribution in [1.29, 1.82) is 0 Å². The number of carbonyl (C=O) groups is 1. The van der Waals surface area contributed by atoms with E-state index >= 15 is 0 Å². The Morgan fingerprint density at radius 3 is 2.59 bits per heavy atom. The van der Waals surface area contributed by atoms with Crippen LogP contribution in [-0.2, 0) is 14.1 Å². The third-order valence-electron chi connectivity index (χ3n) is 5.04. The molecule has 22 heavy (non-hydrogen) atoms. The number of carbonyl (C=O) groups excluding carboxylic acids is 1. The second-order valence-electron chi connectivity index (χ2n) is 6.58. The average Bonchev–Trinajstić information content (AvgIpc) is 3.14. The van der Waals surface area contributed by atoms with Crippen LogP contribution in [0.5, 0.6) is 0 Å². The SMILES string of the molecule is Cn1cc(NC(=O)NC2CC23CCCCC3)c(=O)n(C)c1=O. The van der Waals surface area contributed by atoms with E-state index in [4.69, 9.17) is 0 Å². The summed E-state index contributed by atoms with van der Waals surface area (Å²) in [5.41, 5.74) is -0.509. The van der Waals surface area contributed by atoms with Crippen molar-refractivity contribution in [2.24, 2.45) is 19.5 Å². The summed E-state index contributed by atoms with van der Waals surface area (Å²) in [6.07, 6.45) is 8.51. The molecule has 2 aliphatic carbocycles. The third-order valence-corrected chi connectivity index (χ3v) is 5.04. The molecule has 1 aromatic rings. The van der Waals surface area contributed by atoms with Crippen LogP contribution in [0.2, 0.25) is 0 Å². The van der Waals surface area contributed by atoms with E-state index in [1.54, 1.807) is 7.05 Å². The zero-order chi connectivity index (χ0) is 15.9. The van der Waals surface area contributed by atoms with Gasteiger partial charge in [-0.05, 0) is 24.7 Å². The first-order valence-corrected chi connectivity index (χ1v) is 7.77. The van der Waals surface area contributed by atoms with Crippen molar-refractivity contribution in [2.75, 3.05) is 5.32 Å². The molecule has 1 atom stereocenters. The lowest BCUT2D eigenvalue weighted by Crippen LogP contribution is -2.41. The Labute approximate surface area is 128 Å². The van der Waals surface area contributed by atoms with Gasteiger partial charge in [-0.15, -0.1) is 0 Å². The van der Waals surface area contributed by atoms with Gasteiger partial charge in [-0.2, -0.15) is 0 Å². The lowest BCUT2D eigenvalue weighted by Gasteiger charge is -2.22. The molecule has 0 aromatic carbocycles. The number of rotatable bonds is 2. The van der Waals surface area contributed by atoms with Crippen molar-refractivity contribution < 1.29 is 4.79 Å². The molecule has 2 N–H and O–H groups in total. The van der Waals surface area contributed by atoms with Crippen LogP contribution in [0.1, 0.15) is 38.5 Å². The minimum absolute atomic E-state index is 0.112. The van der Waals surface area contributed by atoms with Crippen LogP contribution in [0.4, 0.5) is 10.5 Å². The molecule has 0 bridgehead atoms. The number of aryl methyl sites for hydroxylation is 1. The quantitative estimate of drug-likeness (QED) is 0.852.